The van der Waals surface area contributed by atoms with E-state index >= 15 is 0 Å². The molecule has 0 amide bonds. The number of methoxy groups -OCH3 is 1. The number of aliphatic hydroxyl groups excluding tert-OH is 1. The van der Waals surface area contributed by atoms with E-state index in [1.807, 2.05) is 19.1 Å². The van der Waals surface area contributed by atoms with Crippen LogP contribution in [0.3, 0.4) is 0 Å². The Labute approximate surface area is 133 Å². The molecule has 118 valence electrons. The van der Waals surface area contributed by atoms with E-state index in [-0.39, 0.29) is 12.1 Å². The Morgan fingerprint density at radius 3 is 2.91 bits per heavy atom. The largest absolute Gasteiger partial charge is 0.496 e. The molecular weight excluding hydrogens is 294 g/mol. The van der Waals surface area contributed by atoms with Crippen LogP contribution in [0.2, 0.25) is 0 Å². The highest BCUT2D eigenvalue weighted by Crippen LogP contribution is 2.27. The van der Waals surface area contributed by atoms with Crippen molar-refractivity contribution < 1.29 is 9.84 Å². The van der Waals surface area contributed by atoms with Gasteiger partial charge in [-0.15, -0.1) is 0 Å². The molecule has 0 aliphatic carbocycles. The van der Waals surface area contributed by atoms with Crippen LogP contribution in [-0.2, 0) is 6.54 Å². The van der Waals surface area contributed by atoms with Crippen molar-refractivity contribution in [3.63, 3.8) is 0 Å². The second kappa shape index (κ2) is 6.18. The predicted octanol–water partition coefficient (Wildman–Crippen LogP) is 1.84. The Kier molecular flexibility index (Phi) is 4.08. The van der Waals surface area contributed by atoms with Gasteiger partial charge < -0.3 is 9.84 Å². The molecule has 0 spiro atoms. The fourth-order valence-corrected chi connectivity index (χ4v) is 2.53. The maximum Gasteiger partial charge on any atom is 0.262 e. The highest BCUT2D eigenvalue weighted by molar-refractivity contribution is 5.72. The van der Waals surface area contributed by atoms with Crippen molar-refractivity contribution in [2.75, 3.05) is 7.11 Å². The summed E-state index contributed by atoms with van der Waals surface area (Å²) in [7, 11) is 1.55. The number of aliphatic hydroxyl groups is 1. The maximum absolute atomic E-state index is 12.5. The smallest absolute Gasteiger partial charge is 0.262 e. The van der Waals surface area contributed by atoms with Gasteiger partial charge in [-0.25, -0.2) is 9.97 Å². The number of hydrogen-bond acceptors (Lipinski definition) is 5. The van der Waals surface area contributed by atoms with Gasteiger partial charge in [0.1, 0.15) is 18.2 Å². The molecule has 0 saturated heterocycles. The van der Waals surface area contributed by atoms with E-state index < -0.39 is 6.10 Å². The molecule has 3 aromatic rings. The molecule has 2 aromatic heterocycles. The average Bonchev–Trinajstić information content (AvgIpc) is 2.57. The monoisotopic (exact) mass is 311 g/mol. The second-order valence-corrected chi connectivity index (χ2v) is 5.34. The molecule has 0 unspecified atom stereocenters. The summed E-state index contributed by atoms with van der Waals surface area (Å²) < 4.78 is 6.67. The number of nitrogens with zero attached hydrogens (tertiary/aromatic N) is 3. The summed E-state index contributed by atoms with van der Waals surface area (Å²) in [6, 6.07) is 8.93. The molecule has 0 fully saturated rings. The normalized spacial score (nSPS) is 12.3. The lowest BCUT2D eigenvalue weighted by atomic mass is 10.1. The average molecular weight is 311 g/mol. The highest BCUT2D eigenvalue weighted by Gasteiger charge is 2.16. The van der Waals surface area contributed by atoms with Crippen molar-refractivity contribution in [2.24, 2.45) is 0 Å². The third-order valence-corrected chi connectivity index (χ3v) is 3.71. The zero-order chi connectivity index (χ0) is 16.4. The fraction of sp³-hybridized carbons (Fsp3) is 0.235. The summed E-state index contributed by atoms with van der Waals surface area (Å²) in [6.07, 6.45) is 2.12. The lowest BCUT2D eigenvalue weighted by Crippen LogP contribution is -2.24. The summed E-state index contributed by atoms with van der Waals surface area (Å²) in [6.45, 7) is 2.03. The van der Waals surface area contributed by atoms with Crippen LogP contribution in [0.25, 0.3) is 11.0 Å². The van der Waals surface area contributed by atoms with E-state index in [4.69, 9.17) is 4.74 Å². The van der Waals surface area contributed by atoms with Gasteiger partial charge in [0.25, 0.3) is 5.56 Å². The number of benzene rings is 1. The van der Waals surface area contributed by atoms with Crippen LogP contribution in [0.15, 0.2) is 47.7 Å². The number of fused-ring (bicyclic) bond motifs is 1. The fourth-order valence-electron chi connectivity index (χ4n) is 2.53. The first-order chi connectivity index (χ1) is 11.1. The van der Waals surface area contributed by atoms with Crippen molar-refractivity contribution in [3.05, 3.63) is 64.3 Å². The van der Waals surface area contributed by atoms with Crippen LogP contribution >= 0.6 is 0 Å². The number of pyridine rings is 1. The third-order valence-electron chi connectivity index (χ3n) is 3.71. The minimum atomic E-state index is -0.876. The van der Waals surface area contributed by atoms with Crippen LogP contribution in [0.1, 0.15) is 17.2 Å². The lowest BCUT2D eigenvalue weighted by Gasteiger charge is -2.16. The molecule has 0 radical (unpaired) electrons. The summed E-state index contributed by atoms with van der Waals surface area (Å²) in [5.74, 6) is 0.589. The maximum atomic E-state index is 12.5. The van der Waals surface area contributed by atoms with Crippen LogP contribution in [0, 0.1) is 6.92 Å². The molecule has 1 N–H and O–H groups in total. The number of aryl methyl sites for hydroxylation is 1. The van der Waals surface area contributed by atoms with Crippen molar-refractivity contribution in [1.82, 2.24) is 14.5 Å². The first kappa shape index (κ1) is 15.2. The summed E-state index contributed by atoms with van der Waals surface area (Å²) in [5, 5.41) is 11.0. The number of rotatable bonds is 4. The molecule has 1 atom stereocenters. The van der Waals surface area contributed by atoms with Crippen LogP contribution in [0.5, 0.6) is 5.75 Å². The van der Waals surface area contributed by atoms with E-state index in [9.17, 15) is 9.90 Å². The first-order valence-electron chi connectivity index (χ1n) is 7.23. The van der Waals surface area contributed by atoms with Gasteiger partial charge in [0.15, 0.2) is 5.65 Å². The molecule has 0 aliphatic heterocycles. The summed E-state index contributed by atoms with van der Waals surface area (Å²) in [5.41, 5.74) is 1.82. The van der Waals surface area contributed by atoms with Gasteiger partial charge in [-0.2, -0.15) is 0 Å². The molecule has 0 aliphatic rings. The molecule has 6 nitrogen and oxygen atoms in total. The Hall–Kier alpha value is -2.73. The molecule has 2 heterocycles. The molecule has 0 bridgehead atoms. The zero-order valence-corrected chi connectivity index (χ0v) is 12.9. The van der Waals surface area contributed by atoms with Gasteiger partial charge >= 0.3 is 0 Å². The molecule has 6 heteroatoms. The topological polar surface area (TPSA) is 77.2 Å². The van der Waals surface area contributed by atoms with Crippen molar-refractivity contribution in [3.8, 4) is 5.75 Å². The highest BCUT2D eigenvalue weighted by atomic mass is 16.5. The summed E-state index contributed by atoms with van der Waals surface area (Å²) >= 11 is 0. The van der Waals surface area contributed by atoms with E-state index in [2.05, 4.69) is 9.97 Å². The van der Waals surface area contributed by atoms with Gasteiger partial charge in [0.2, 0.25) is 0 Å². The van der Waals surface area contributed by atoms with E-state index in [0.717, 1.165) is 5.56 Å². The van der Waals surface area contributed by atoms with E-state index in [1.165, 1.54) is 10.9 Å². The Morgan fingerprint density at radius 2 is 2.13 bits per heavy atom. The third kappa shape index (κ3) is 2.93. The zero-order valence-electron chi connectivity index (χ0n) is 12.9. The quantitative estimate of drug-likeness (QED) is 0.795. The number of aromatic nitrogens is 3. The van der Waals surface area contributed by atoms with Crippen LogP contribution in [-0.4, -0.2) is 26.8 Å². The van der Waals surface area contributed by atoms with Crippen LogP contribution < -0.4 is 10.3 Å². The van der Waals surface area contributed by atoms with Crippen molar-refractivity contribution in [1.29, 1.82) is 0 Å². The second-order valence-electron chi connectivity index (χ2n) is 5.34. The SMILES string of the molecule is COc1ccc(C)cc1[C@@H](O)Cn1cnc2ncccc2c1=O. The van der Waals surface area contributed by atoms with Gasteiger partial charge in [-0.3, -0.25) is 9.36 Å². The van der Waals surface area contributed by atoms with Crippen molar-refractivity contribution in [2.45, 2.75) is 19.6 Å². The van der Waals surface area contributed by atoms with Gasteiger partial charge in [-0.1, -0.05) is 11.6 Å². The number of hydrogen-bond donors (Lipinski definition) is 1. The van der Waals surface area contributed by atoms with E-state index in [0.29, 0.717) is 22.3 Å². The van der Waals surface area contributed by atoms with Crippen molar-refractivity contribution >= 4 is 11.0 Å². The van der Waals surface area contributed by atoms with E-state index in [1.54, 1.807) is 31.5 Å². The predicted molar refractivity (Wildman–Crippen MR) is 86.5 cm³/mol. The molecule has 23 heavy (non-hydrogen) atoms. The number of ether oxygens (including phenoxy) is 1. The lowest BCUT2D eigenvalue weighted by molar-refractivity contribution is 0.151. The van der Waals surface area contributed by atoms with Crippen LogP contribution in [0.4, 0.5) is 0 Å². The minimum Gasteiger partial charge on any atom is -0.496 e. The molecular formula is C17H17N3O3. The Bertz CT molecular complexity index is 905. The minimum absolute atomic E-state index is 0.0937. The summed E-state index contributed by atoms with van der Waals surface area (Å²) in [4.78, 5) is 20.7. The van der Waals surface area contributed by atoms with Gasteiger partial charge in [-0.05, 0) is 31.2 Å². The Balaban J connectivity index is 1.97. The first-order valence-corrected chi connectivity index (χ1v) is 7.23. The Morgan fingerprint density at radius 1 is 1.30 bits per heavy atom. The molecule has 1 aromatic carbocycles. The molecule has 0 saturated carbocycles. The van der Waals surface area contributed by atoms with Gasteiger partial charge in [0, 0.05) is 11.8 Å². The standard InChI is InChI=1S/C17H17N3O3/c1-11-5-6-15(23-2)13(8-11)14(21)9-20-10-19-16-12(17(20)22)4-3-7-18-16/h3-8,10,14,21H,9H2,1-2H3/t14-/m0/s1. The molecule has 3 rings (SSSR count). The van der Waals surface area contributed by atoms with Gasteiger partial charge in [0.05, 0.1) is 19.0 Å².